The predicted octanol–water partition coefficient (Wildman–Crippen LogP) is 4.58. The number of amides is 1. The Morgan fingerprint density at radius 2 is 1.75 bits per heavy atom. The number of piperidine rings is 1. The molecular weight excluding hydrogens is 372 g/mol. The first kappa shape index (κ1) is 18.6. The van der Waals surface area contributed by atoms with E-state index in [1.165, 1.54) is 11.1 Å². The average molecular weight is 395 g/mol. The summed E-state index contributed by atoms with van der Waals surface area (Å²) in [4.78, 5) is 14.5. The van der Waals surface area contributed by atoms with Gasteiger partial charge in [-0.3, -0.25) is 4.79 Å². The lowest BCUT2D eigenvalue weighted by Crippen LogP contribution is -2.36. The van der Waals surface area contributed by atoms with Gasteiger partial charge >= 0.3 is 0 Å². The van der Waals surface area contributed by atoms with Crippen LogP contribution in [0.3, 0.4) is 0 Å². The molecule has 144 valence electrons. The molecule has 4 nitrogen and oxygen atoms in total. The maximum absolute atomic E-state index is 12.6. The fourth-order valence-electron chi connectivity index (χ4n) is 3.49. The minimum absolute atomic E-state index is 0.0782. The Balaban J connectivity index is 1.36. The molecule has 2 aliphatic rings. The maximum Gasteiger partial charge on any atom is 0.253 e. The number of hydrogen-bond acceptors (Lipinski definition) is 3. The Bertz CT molecular complexity index is 891. The summed E-state index contributed by atoms with van der Waals surface area (Å²) in [5.74, 6) is 0.967. The van der Waals surface area contributed by atoms with Crippen molar-refractivity contribution in [1.29, 1.82) is 0 Å². The third-order valence-corrected chi connectivity index (χ3v) is 5.34. The van der Waals surface area contributed by atoms with E-state index in [1.807, 2.05) is 11.1 Å². The van der Waals surface area contributed by atoms with E-state index in [0.29, 0.717) is 17.2 Å². The van der Waals surface area contributed by atoms with Gasteiger partial charge in [-0.2, -0.15) is 0 Å². The summed E-state index contributed by atoms with van der Waals surface area (Å²) >= 11 is 5.91. The standard InChI is InChI=1S/C23H23ClN2O2/c24-21-7-5-20(6-8-21)23(27)26-12-9-18(10-13-26)15-17-1-3-19(4-2-17)22-16-25-11-14-28-22/h1-8,15-16,25H,9-14H2. The molecule has 2 aliphatic heterocycles. The van der Waals surface area contributed by atoms with Crippen molar-refractivity contribution in [3.63, 3.8) is 0 Å². The number of nitrogens with one attached hydrogen (secondary N) is 1. The van der Waals surface area contributed by atoms with Crippen LogP contribution in [-0.4, -0.2) is 37.0 Å². The van der Waals surface area contributed by atoms with Gasteiger partial charge in [-0.25, -0.2) is 0 Å². The second-order valence-electron chi connectivity index (χ2n) is 7.03. The lowest BCUT2D eigenvalue weighted by atomic mass is 9.99. The van der Waals surface area contributed by atoms with Crippen LogP contribution in [-0.2, 0) is 4.74 Å². The zero-order valence-corrected chi connectivity index (χ0v) is 16.4. The molecule has 2 aromatic carbocycles. The van der Waals surface area contributed by atoms with Gasteiger partial charge in [0.2, 0.25) is 0 Å². The number of halogens is 1. The Labute approximate surface area is 170 Å². The fraction of sp³-hybridized carbons (Fsp3) is 0.261. The molecule has 0 aliphatic carbocycles. The smallest absolute Gasteiger partial charge is 0.253 e. The molecule has 0 spiro atoms. The highest BCUT2D eigenvalue weighted by Crippen LogP contribution is 2.23. The van der Waals surface area contributed by atoms with Gasteiger partial charge in [0.1, 0.15) is 12.4 Å². The van der Waals surface area contributed by atoms with E-state index in [9.17, 15) is 4.79 Å². The lowest BCUT2D eigenvalue weighted by Gasteiger charge is -2.28. The number of carbonyl (C=O) groups is 1. The maximum atomic E-state index is 12.6. The second-order valence-corrected chi connectivity index (χ2v) is 7.47. The van der Waals surface area contributed by atoms with Gasteiger partial charge in [0.25, 0.3) is 5.91 Å². The molecule has 0 aromatic heterocycles. The van der Waals surface area contributed by atoms with Crippen LogP contribution in [0.1, 0.15) is 34.3 Å². The Morgan fingerprint density at radius 1 is 1.04 bits per heavy atom. The SMILES string of the molecule is O=C(c1ccc(Cl)cc1)N1CCC(=Cc2ccc(C3=CNCCO3)cc2)CC1. The van der Waals surface area contributed by atoms with Crippen LogP contribution in [0.5, 0.6) is 0 Å². The van der Waals surface area contributed by atoms with Crippen LogP contribution < -0.4 is 5.32 Å². The molecule has 0 bridgehead atoms. The molecule has 0 unspecified atom stereocenters. The summed E-state index contributed by atoms with van der Waals surface area (Å²) in [5, 5.41) is 3.85. The molecule has 0 saturated carbocycles. The molecule has 0 atom stereocenters. The third-order valence-electron chi connectivity index (χ3n) is 5.09. The van der Waals surface area contributed by atoms with Crippen molar-refractivity contribution in [2.45, 2.75) is 12.8 Å². The van der Waals surface area contributed by atoms with E-state index >= 15 is 0 Å². The number of likely N-dealkylation sites (tertiary alicyclic amines) is 1. The van der Waals surface area contributed by atoms with Gasteiger partial charge in [0.15, 0.2) is 0 Å². The number of rotatable bonds is 3. The summed E-state index contributed by atoms with van der Waals surface area (Å²) in [6, 6.07) is 15.5. The minimum Gasteiger partial charge on any atom is -0.490 e. The van der Waals surface area contributed by atoms with Gasteiger partial charge in [-0.1, -0.05) is 47.5 Å². The summed E-state index contributed by atoms with van der Waals surface area (Å²) in [6.07, 6.45) is 5.96. The average Bonchev–Trinajstić information content (AvgIpc) is 2.75. The van der Waals surface area contributed by atoms with Crippen LogP contribution in [0.2, 0.25) is 5.02 Å². The number of ether oxygens (including phenoxy) is 1. The molecule has 1 amide bonds. The number of nitrogens with zero attached hydrogens (tertiary/aromatic N) is 1. The van der Waals surface area contributed by atoms with Crippen molar-refractivity contribution in [3.8, 4) is 0 Å². The summed E-state index contributed by atoms with van der Waals surface area (Å²) in [7, 11) is 0. The summed E-state index contributed by atoms with van der Waals surface area (Å²) < 4.78 is 5.67. The highest BCUT2D eigenvalue weighted by atomic mass is 35.5. The van der Waals surface area contributed by atoms with Crippen molar-refractivity contribution in [3.05, 3.63) is 82.0 Å². The first-order valence-electron chi connectivity index (χ1n) is 9.60. The third kappa shape index (κ3) is 4.39. The molecule has 28 heavy (non-hydrogen) atoms. The zero-order valence-electron chi connectivity index (χ0n) is 15.7. The monoisotopic (exact) mass is 394 g/mol. The largest absolute Gasteiger partial charge is 0.490 e. The Kier molecular flexibility index (Phi) is 5.68. The van der Waals surface area contributed by atoms with E-state index < -0.39 is 0 Å². The van der Waals surface area contributed by atoms with Crippen LogP contribution in [0.15, 0.2) is 60.3 Å². The normalized spacial score (nSPS) is 16.7. The topological polar surface area (TPSA) is 41.6 Å². The van der Waals surface area contributed by atoms with Crippen molar-refractivity contribution >= 4 is 29.3 Å². The second kappa shape index (κ2) is 8.53. The van der Waals surface area contributed by atoms with Crippen LogP contribution in [0.4, 0.5) is 0 Å². The van der Waals surface area contributed by atoms with Gasteiger partial charge < -0.3 is 15.0 Å². The highest BCUT2D eigenvalue weighted by molar-refractivity contribution is 6.30. The van der Waals surface area contributed by atoms with Gasteiger partial charge in [0.05, 0.1) is 0 Å². The van der Waals surface area contributed by atoms with Gasteiger partial charge in [-0.05, 0) is 42.7 Å². The fourth-order valence-corrected chi connectivity index (χ4v) is 3.61. The molecule has 2 heterocycles. The molecule has 0 radical (unpaired) electrons. The number of carbonyl (C=O) groups excluding carboxylic acids is 1. The number of benzene rings is 2. The Hall–Kier alpha value is -2.72. The predicted molar refractivity (Wildman–Crippen MR) is 113 cm³/mol. The van der Waals surface area contributed by atoms with E-state index in [1.54, 1.807) is 24.3 Å². The molecule has 1 N–H and O–H groups in total. The van der Waals surface area contributed by atoms with Crippen molar-refractivity contribution < 1.29 is 9.53 Å². The van der Waals surface area contributed by atoms with Crippen LogP contribution >= 0.6 is 11.6 Å². The summed E-state index contributed by atoms with van der Waals surface area (Å²) in [5.41, 5.74) is 4.34. The van der Waals surface area contributed by atoms with E-state index in [4.69, 9.17) is 16.3 Å². The van der Waals surface area contributed by atoms with Crippen molar-refractivity contribution in [1.82, 2.24) is 10.2 Å². The lowest BCUT2D eigenvalue weighted by molar-refractivity contribution is 0.0744. The molecule has 5 heteroatoms. The highest BCUT2D eigenvalue weighted by Gasteiger charge is 2.20. The van der Waals surface area contributed by atoms with Crippen LogP contribution in [0.25, 0.3) is 11.8 Å². The molecule has 1 fully saturated rings. The zero-order chi connectivity index (χ0) is 19.3. The van der Waals surface area contributed by atoms with E-state index in [2.05, 4.69) is 35.7 Å². The molecular formula is C23H23ClN2O2. The van der Waals surface area contributed by atoms with E-state index in [-0.39, 0.29) is 5.91 Å². The van der Waals surface area contributed by atoms with Gasteiger partial charge in [0, 0.05) is 42.0 Å². The number of hydrogen-bond donors (Lipinski definition) is 1. The van der Waals surface area contributed by atoms with Crippen molar-refractivity contribution in [2.24, 2.45) is 0 Å². The van der Waals surface area contributed by atoms with Crippen molar-refractivity contribution in [2.75, 3.05) is 26.2 Å². The first-order valence-corrected chi connectivity index (χ1v) is 9.98. The minimum atomic E-state index is 0.0782. The summed E-state index contributed by atoms with van der Waals surface area (Å²) in [6.45, 7) is 3.05. The van der Waals surface area contributed by atoms with Gasteiger partial charge in [-0.15, -0.1) is 0 Å². The quantitative estimate of drug-likeness (QED) is 0.828. The van der Waals surface area contributed by atoms with Crippen LogP contribution in [0, 0.1) is 0 Å². The Morgan fingerprint density at radius 3 is 2.39 bits per heavy atom. The molecule has 4 rings (SSSR count). The molecule has 2 aromatic rings. The first-order chi connectivity index (χ1) is 13.7. The van der Waals surface area contributed by atoms with E-state index in [0.717, 1.165) is 43.8 Å². The molecule has 1 saturated heterocycles.